The Balaban J connectivity index is 3.19. The van der Waals surface area contributed by atoms with Crippen molar-refractivity contribution in [3.63, 3.8) is 0 Å². The molecular weight excluding hydrogens is 128 g/mol. The van der Waals surface area contributed by atoms with Crippen LogP contribution >= 0.6 is 0 Å². The van der Waals surface area contributed by atoms with E-state index in [2.05, 4.69) is 19.0 Å². The van der Waals surface area contributed by atoms with E-state index in [9.17, 15) is 0 Å². The quantitative estimate of drug-likeness (QED) is 0.472. The van der Waals surface area contributed by atoms with Gasteiger partial charge in [0.2, 0.25) is 0 Å². The second-order valence-electron chi connectivity index (χ2n) is 2.80. The van der Waals surface area contributed by atoms with E-state index in [0.717, 1.165) is 0 Å². The molecule has 0 amide bonds. The highest BCUT2D eigenvalue weighted by Crippen LogP contribution is 1.91. The SMILES string of the molecule is CC(N)/C=N/OCC(C)C. The summed E-state index contributed by atoms with van der Waals surface area (Å²) in [6, 6.07) is -0.0211. The summed E-state index contributed by atoms with van der Waals surface area (Å²) < 4.78 is 0. The molecule has 3 nitrogen and oxygen atoms in total. The van der Waals surface area contributed by atoms with E-state index in [1.165, 1.54) is 0 Å². The zero-order valence-corrected chi connectivity index (χ0v) is 6.87. The summed E-state index contributed by atoms with van der Waals surface area (Å²) in [6.07, 6.45) is 1.59. The minimum Gasteiger partial charge on any atom is -0.396 e. The Morgan fingerprint density at radius 2 is 2.10 bits per heavy atom. The maximum atomic E-state index is 5.38. The first-order chi connectivity index (χ1) is 4.63. The van der Waals surface area contributed by atoms with E-state index in [1.54, 1.807) is 6.21 Å². The summed E-state index contributed by atoms with van der Waals surface area (Å²) >= 11 is 0. The third kappa shape index (κ3) is 7.43. The molecule has 0 fully saturated rings. The van der Waals surface area contributed by atoms with Gasteiger partial charge in [0.25, 0.3) is 0 Å². The average molecular weight is 144 g/mol. The Bertz CT molecular complexity index is 99.8. The molecule has 0 heterocycles. The van der Waals surface area contributed by atoms with Gasteiger partial charge in [-0.05, 0) is 12.8 Å². The van der Waals surface area contributed by atoms with Crippen molar-refractivity contribution in [3.8, 4) is 0 Å². The number of nitrogens with two attached hydrogens (primary N) is 1. The van der Waals surface area contributed by atoms with E-state index >= 15 is 0 Å². The number of rotatable bonds is 4. The molecule has 1 atom stereocenters. The molecule has 0 aromatic carbocycles. The largest absolute Gasteiger partial charge is 0.396 e. The fourth-order valence-corrected chi connectivity index (χ4v) is 0.331. The summed E-state index contributed by atoms with van der Waals surface area (Å²) in [5, 5.41) is 3.66. The number of hydrogen-bond donors (Lipinski definition) is 1. The summed E-state index contributed by atoms with van der Waals surface area (Å²) in [4.78, 5) is 4.90. The van der Waals surface area contributed by atoms with E-state index < -0.39 is 0 Å². The van der Waals surface area contributed by atoms with Crippen molar-refractivity contribution in [1.82, 2.24) is 0 Å². The van der Waals surface area contributed by atoms with E-state index in [0.29, 0.717) is 12.5 Å². The van der Waals surface area contributed by atoms with Crippen LogP contribution < -0.4 is 5.73 Å². The van der Waals surface area contributed by atoms with Gasteiger partial charge in [0.1, 0.15) is 6.61 Å². The fraction of sp³-hybridized carbons (Fsp3) is 0.857. The monoisotopic (exact) mass is 144 g/mol. The van der Waals surface area contributed by atoms with Crippen LogP contribution in [0.15, 0.2) is 5.16 Å². The summed E-state index contributed by atoms with van der Waals surface area (Å²) in [5.74, 6) is 0.519. The zero-order chi connectivity index (χ0) is 7.98. The van der Waals surface area contributed by atoms with Crippen LogP contribution in [0.5, 0.6) is 0 Å². The van der Waals surface area contributed by atoms with Crippen molar-refractivity contribution in [3.05, 3.63) is 0 Å². The van der Waals surface area contributed by atoms with Crippen LogP contribution in [0, 0.1) is 5.92 Å². The highest BCUT2D eigenvalue weighted by atomic mass is 16.6. The topological polar surface area (TPSA) is 47.6 Å². The second-order valence-corrected chi connectivity index (χ2v) is 2.80. The van der Waals surface area contributed by atoms with Gasteiger partial charge in [-0.3, -0.25) is 0 Å². The Labute approximate surface area is 62.2 Å². The van der Waals surface area contributed by atoms with Crippen LogP contribution in [0.3, 0.4) is 0 Å². The first-order valence-electron chi connectivity index (χ1n) is 3.54. The van der Waals surface area contributed by atoms with E-state index in [-0.39, 0.29) is 6.04 Å². The third-order valence-corrected chi connectivity index (χ3v) is 0.778. The van der Waals surface area contributed by atoms with Gasteiger partial charge in [0.15, 0.2) is 0 Å². The molecule has 0 aromatic rings. The molecule has 0 saturated heterocycles. The molecule has 0 spiro atoms. The Kier molecular flexibility index (Phi) is 4.94. The van der Waals surface area contributed by atoms with Gasteiger partial charge in [0, 0.05) is 6.04 Å². The smallest absolute Gasteiger partial charge is 0.119 e. The summed E-state index contributed by atoms with van der Waals surface area (Å²) in [7, 11) is 0. The number of nitrogens with zero attached hydrogens (tertiary/aromatic N) is 1. The lowest BCUT2D eigenvalue weighted by atomic mass is 10.2. The number of oxime groups is 1. The molecule has 60 valence electrons. The van der Waals surface area contributed by atoms with Crippen molar-refractivity contribution < 1.29 is 4.84 Å². The van der Waals surface area contributed by atoms with Gasteiger partial charge >= 0.3 is 0 Å². The Morgan fingerprint density at radius 3 is 2.50 bits per heavy atom. The molecule has 0 aromatic heterocycles. The molecular formula is C7H16N2O. The van der Waals surface area contributed by atoms with Gasteiger partial charge in [-0.25, -0.2) is 0 Å². The van der Waals surface area contributed by atoms with E-state index in [4.69, 9.17) is 10.6 Å². The van der Waals surface area contributed by atoms with Crippen LogP contribution in [0.25, 0.3) is 0 Å². The van der Waals surface area contributed by atoms with Crippen LogP contribution in [-0.2, 0) is 4.84 Å². The molecule has 0 rings (SSSR count). The molecule has 0 aliphatic heterocycles. The number of hydrogen-bond acceptors (Lipinski definition) is 3. The van der Waals surface area contributed by atoms with Gasteiger partial charge in [-0.2, -0.15) is 0 Å². The van der Waals surface area contributed by atoms with Crippen molar-refractivity contribution in [2.45, 2.75) is 26.8 Å². The van der Waals surface area contributed by atoms with E-state index in [1.807, 2.05) is 6.92 Å². The first-order valence-corrected chi connectivity index (χ1v) is 3.54. The third-order valence-electron chi connectivity index (χ3n) is 0.778. The Morgan fingerprint density at radius 1 is 1.50 bits per heavy atom. The predicted molar refractivity (Wildman–Crippen MR) is 42.9 cm³/mol. The maximum Gasteiger partial charge on any atom is 0.119 e. The Hall–Kier alpha value is -0.570. The molecule has 3 heteroatoms. The highest BCUT2D eigenvalue weighted by Gasteiger charge is 1.90. The standard InChI is InChI=1S/C7H16N2O/c1-6(2)5-10-9-4-7(3)8/h4,6-7H,5,8H2,1-3H3/b9-4+. The predicted octanol–water partition coefficient (Wildman–Crippen LogP) is 0.992. The molecule has 0 radical (unpaired) electrons. The maximum absolute atomic E-state index is 5.38. The minimum atomic E-state index is -0.0211. The highest BCUT2D eigenvalue weighted by molar-refractivity contribution is 5.62. The molecule has 2 N–H and O–H groups in total. The average Bonchev–Trinajstić information content (AvgIpc) is 1.79. The van der Waals surface area contributed by atoms with Crippen molar-refractivity contribution >= 4 is 6.21 Å². The lowest BCUT2D eigenvalue weighted by molar-refractivity contribution is 0.119. The van der Waals surface area contributed by atoms with Crippen molar-refractivity contribution in [2.24, 2.45) is 16.8 Å². The van der Waals surface area contributed by atoms with Crippen LogP contribution in [0.2, 0.25) is 0 Å². The summed E-state index contributed by atoms with van der Waals surface area (Å²) in [5.41, 5.74) is 5.38. The fourth-order valence-electron chi connectivity index (χ4n) is 0.331. The van der Waals surface area contributed by atoms with Crippen LogP contribution in [-0.4, -0.2) is 18.9 Å². The zero-order valence-electron chi connectivity index (χ0n) is 6.87. The molecule has 0 aliphatic rings. The first kappa shape index (κ1) is 9.43. The lowest BCUT2D eigenvalue weighted by Crippen LogP contribution is -2.16. The van der Waals surface area contributed by atoms with Gasteiger partial charge in [-0.1, -0.05) is 19.0 Å². The van der Waals surface area contributed by atoms with Gasteiger partial charge in [0.05, 0.1) is 6.21 Å². The van der Waals surface area contributed by atoms with Crippen molar-refractivity contribution in [1.29, 1.82) is 0 Å². The van der Waals surface area contributed by atoms with Gasteiger partial charge < -0.3 is 10.6 Å². The molecule has 10 heavy (non-hydrogen) atoms. The summed E-state index contributed by atoms with van der Waals surface area (Å²) in [6.45, 7) is 6.65. The van der Waals surface area contributed by atoms with Crippen molar-refractivity contribution in [2.75, 3.05) is 6.61 Å². The minimum absolute atomic E-state index is 0.0211. The molecule has 0 saturated carbocycles. The lowest BCUT2D eigenvalue weighted by Gasteiger charge is -2.01. The molecule has 0 aliphatic carbocycles. The van der Waals surface area contributed by atoms with Gasteiger partial charge in [-0.15, -0.1) is 0 Å². The molecule has 0 bridgehead atoms. The second kappa shape index (κ2) is 5.23. The molecule has 1 unspecified atom stereocenters. The van der Waals surface area contributed by atoms with Crippen LogP contribution in [0.4, 0.5) is 0 Å². The normalized spacial score (nSPS) is 14.5. The van der Waals surface area contributed by atoms with Crippen LogP contribution in [0.1, 0.15) is 20.8 Å².